The first-order valence-corrected chi connectivity index (χ1v) is 16.4. The van der Waals surface area contributed by atoms with Gasteiger partial charge in [-0.15, -0.1) is 0 Å². The van der Waals surface area contributed by atoms with E-state index in [1.165, 1.54) is 17.0 Å². The zero-order valence-corrected chi connectivity index (χ0v) is 28.9. The Balaban J connectivity index is 2.14. The van der Waals surface area contributed by atoms with Crippen molar-refractivity contribution < 1.29 is 29.3 Å². The van der Waals surface area contributed by atoms with E-state index in [1.54, 1.807) is 58.0 Å². The number of aryl methyl sites for hydroxylation is 3. The van der Waals surface area contributed by atoms with Crippen LogP contribution in [0.4, 0.5) is 10.5 Å². The van der Waals surface area contributed by atoms with Crippen molar-refractivity contribution in [2.45, 2.75) is 105 Å². The number of carbonyl (C=O) groups is 3. The molecular weight excluding hydrogens is 594 g/mol. The second-order valence-corrected chi connectivity index (χ2v) is 13.2. The Morgan fingerprint density at radius 3 is 2.04 bits per heavy atom. The summed E-state index contributed by atoms with van der Waals surface area (Å²) in [5, 5.41) is 27.0. The maximum atomic E-state index is 14.8. The van der Waals surface area contributed by atoms with Gasteiger partial charge in [-0.1, -0.05) is 81.1 Å². The van der Waals surface area contributed by atoms with Gasteiger partial charge in [0.25, 0.3) is 5.91 Å². The smallest absolute Gasteiger partial charge is 0.408 e. The third-order valence-corrected chi connectivity index (χ3v) is 8.00. The fourth-order valence-electron chi connectivity index (χ4n) is 5.53. The fraction of sp³-hybridized carbons (Fsp3) is 0.447. The van der Waals surface area contributed by atoms with Crippen molar-refractivity contribution in [3.05, 3.63) is 88.5 Å². The second-order valence-electron chi connectivity index (χ2n) is 13.2. The van der Waals surface area contributed by atoms with Crippen LogP contribution in [0.15, 0.2) is 60.7 Å². The normalized spacial score (nSPS) is 12.6. The van der Waals surface area contributed by atoms with Crippen LogP contribution in [-0.2, 0) is 20.7 Å². The largest absolute Gasteiger partial charge is 0.508 e. The van der Waals surface area contributed by atoms with Crippen LogP contribution in [0, 0.1) is 20.8 Å². The SMILES string of the molecule is CCCCCCCN(C(=O)C(Cc1ccc(O)cc1)NC(=O)OC(C)(C)C)C(C(=O)Nc1c(C)cccc1C)c1cccc(C)c1O. The lowest BCUT2D eigenvalue weighted by atomic mass is 9.97. The van der Waals surface area contributed by atoms with Crippen LogP contribution in [0.2, 0.25) is 0 Å². The van der Waals surface area contributed by atoms with Crippen LogP contribution in [0.5, 0.6) is 11.5 Å². The quantitative estimate of drug-likeness (QED) is 0.133. The molecule has 3 aromatic rings. The first-order valence-electron chi connectivity index (χ1n) is 16.4. The third kappa shape index (κ3) is 10.8. The van der Waals surface area contributed by atoms with Gasteiger partial charge in [-0.25, -0.2) is 4.79 Å². The molecule has 0 saturated carbocycles. The summed E-state index contributed by atoms with van der Waals surface area (Å²) in [6, 6.07) is 14.9. The number of carbonyl (C=O) groups excluding carboxylic acids is 3. The first kappa shape index (κ1) is 36.9. The molecule has 9 heteroatoms. The Labute approximate surface area is 279 Å². The number of hydrogen-bond acceptors (Lipinski definition) is 6. The molecule has 4 N–H and O–H groups in total. The number of amides is 3. The van der Waals surface area contributed by atoms with Crippen LogP contribution in [0.3, 0.4) is 0 Å². The minimum absolute atomic E-state index is 0.0728. The predicted octanol–water partition coefficient (Wildman–Crippen LogP) is 7.64. The van der Waals surface area contributed by atoms with Gasteiger partial charge in [-0.2, -0.15) is 0 Å². The highest BCUT2D eigenvalue weighted by molar-refractivity contribution is 6.00. The summed E-state index contributed by atoms with van der Waals surface area (Å²) in [6.45, 7) is 13.1. The summed E-state index contributed by atoms with van der Waals surface area (Å²) in [5.41, 5.74) is 3.09. The van der Waals surface area contributed by atoms with Gasteiger partial charge in [0.2, 0.25) is 5.91 Å². The van der Waals surface area contributed by atoms with Gasteiger partial charge in [-0.3, -0.25) is 9.59 Å². The van der Waals surface area contributed by atoms with Crippen molar-refractivity contribution in [1.82, 2.24) is 10.2 Å². The van der Waals surface area contributed by atoms with E-state index in [2.05, 4.69) is 17.6 Å². The number of hydrogen-bond donors (Lipinski definition) is 4. The molecule has 0 aliphatic carbocycles. The molecule has 0 spiro atoms. The van der Waals surface area contributed by atoms with E-state index in [0.717, 1.165) is 36.8 Å². The zero-order valence-electron chi connectivity index (χ0n) is 28.9. The van der Waals surface area contributed by atoms with Crippen LogP contribution in [0.25, 0.3) is 0 Å². The van der Waals surface area contributed by atoms with Crippen LogP contribution in [0.1, 0.15) is 93.7 Å². The summed E-state index contributed by atoms with van der Waals surface area (Å²) in [4.78, 5) is 43.8. The van der Waals surface area contributed by atoms with E-state index >= 15 is 0 Å². The van der Waals surface area contributed by atoms with Crippen molar-refractivity contribution in [3.8, 4) is 11.5 Å². The highest BCUT2D eigenvalue weighted by atomic mass is 16.6. The molecule has 0 saturated heterocycles. The Bertz CT molecular complexity index is 1490. The molecule has 3 rings (SSSR count). The number of rotatable bonds is 14. The number of benzene rings is 3. The van der Waals surface area contributed by atoms with Gasteiger partial charge in [0.05, 0.1) is 0 Å². The van der Waals surface area contributed by atoms with Crippen molar-refractivity contribution in [3.63, 3.8) is 0 Å². The van der Waals surface area contributed by atoms with Gasteiger partial charge < -0.3 is 30.5 Å². The number of unbranched alkanes of at least 4 members (excludes halogenated alkanes) is 4. The molecule has 0 bridgehead atoms. The molecule has 3 amide bonds. The van der Waals surface area contributed by atoms with E-state index in [4.69, 9.17) is 4.74 Å². The molecule has 0 fully saturated rings. The molecule has 2 unspecified atom stereocenters. The molecule has 0 radical (unpaired) electrons. The molecule has 254 valence electrons. The van der Waals surface area contributed by atoms with Gasteiger partial charge >= 0.3 is 6.09 Å². The molecule has 0 aliphatic heterocycles. The van der Waals surface area contributed by atoms with Gasteiger partial charge in [0, 0.05) is 24.2 Å². The standard InChI is InChI=1S/C38H51N3O6/c1-8-9-10-11-12-23-41(36(45)31(39-37(46)47-38(5,6)7)24-28-19-21-29(42)22-20-28)33(30-18-14-17-27(4)34(30)43)35(44)40-32-25(2)15-13-16-26(32)3/h13-22,31,33,42-43H,8-12,23-24H2,1-7H3,(H,39,46)(H,40,44). The molecule has 9 nitrogen and oxygen atoms in total. The number of para-hydroxylation sites is 2. The Morgan fingerprint density at radius 2 is 1.43 bits per heavy atom. The topological polar surface area (TPSA) is 128 Å². The van der Waals surface area contributed by atoms with Crippen molar-refractivity contribution >= 4 is 23.6 Å². The molecule has 0 heterocycles. The van der Waals surface area contributed by atoms with E-state index in [-0.39, 0.29) is 30.0 Å². The lowest BCUT2D eigenvalue weighted by molar-refractivity contribution is -0.141. The molecule has 2 atom stereocenters. The highest BCUT2D eigenvalue weighted by Crippen LogP contribution is 2.34. The molecule has 47 heavy (non-hydrogen) atoms. The average Bonchev–Trinajstić information content (AvgIpc) is 2.99. The Morgan fingerprint density at radius 1 is 0.830 bits per heavy atom. The first-order chi connectivity index (χ1) is 22.2. The maximum absolute atomic E-state index is 14.8. The van der Waals surface area contributed by atoms with Crippen molar-refractivity contribution in [1.29, 1.82) is 0 Å². The van der Waals surface area contributed by atoms with Crippen LogP contribution >= 0.6 is 0 Å². The number of nitrogens with zero attached hydrogens (tertiary/aromatic N) is 1. The summed E-state index contributed by atoms with van der Waals surface area (Å²) < 4.78 is 5.53. The number of phenolic OH excluding ortho intramolecular Hbond substituents is 2. The molecule has 0 aliphatic rings. The number of anilines is 1. The lowest BCUT2D eigenvalue weighted by Crippen LogP contribution is -2.53. The summed E-state index contributed by atoms with van der Waals surface area (Å²) in [7, 11) is 0. The van der Waals surface area contributed by atoms with Crippen LogP contribution in [-0.4, -0.2) is 51.2 Å². The summed E-state index contributed by atoms with van der Waals surface area (Å²) >= 11 is 0. The van der Waals surface area contributed by atoms with E-state index in [9.17, 15) is 24.6 Å². The summed E-state index contributed by atoms with van der Waals surface area (Å²) in [5.74, 6) is -0.982. The lowest BCUT2D eigenvalue weighted by Gasteiger charge is -2.35. The van der Waals surface area contributed by atoms with E-state index in [1.807, 2.05) is 32.0 Å². The number of nitrogens with one attached hydrogen (secondary N) is 2. The maximum Gasteiger partial charge on any atom is 0.408 e. The Hall–Kier alpha value is -4.53. The number of ether oxygens (including phenoxy) is 1. The van der Waals surface area contributed by atoms with Crippen molar-refractivity contribution in [2.24, 2.45) is 0 Å². The van der Waals surface area contributed by atoms with Crippen LogP contribution < -0.4 is 10.6 Å². The summed E-state index contributed by atoms with van der Waals surface area (Å²) in [6.07, 6.45) is 3.83. The second kappa shape index (κ2) is 16.9. The van der Waals surface area contributed by atoms with Gasteiger partial charge in [0.1, 0.15) is 29.2 Å². The van der Waals surface area contributed by atoms with E-state index in [0.29, 0.717) is 23.2 Å². The highest BCUT2D eigenvalue weighted by Gasteiger charge is 2.38. The van der Waals surface area contributed by atoms with E-state index < -0.39 is 35.6 Å². The fourth-order valence-corrected chi connectivity index (χ4v) is 5.53. The number of alkyl carbamates (subject to hydrolysis) is 1. The van der Waals surface area contributed by atoms with Gasteiger partial charge in [-0.05, 0) is 82.3 Å². The molecule has 3 aromatic carbocycles. The minimum atomic E-state index is -1.21. The predicted molar refractivity (Wildman–Crippen MR) is 186 cm³/mol. The molecular formula is C38H51N3O6. The minimum Gasteiger partial charge on any atom is -0.508 e. The number of aromatic hydroxyl groups is 2. The average molecular weight is 646 g/mol. The third-order valence-electron chi connectivity index (χ3n) is 8.00. The van der Waals surface area contributed by atoms with Crippen molar-refractivity contribution in [2.75, 3.05) is 11.9 Å². The monoisotopic (exact) mass is 645 g/mol. The number of phenols is 2. The zero-order chi connectivity index (χ0) is 34.7. The Kier molecular flexibility index (Phi) is 13.2. The van der Waals surface area contributed by atoms with Gasteiger partial charge in [0.15, 0.2) is 0 Å². The molecule has 0 aromatic heterocycles.